The molecule has 0 bridgehead atoms. The fourth-order valence-corrected chi connectivity index (χ4v) is 3.59. The zero-order valence-electron chi connectivity index (χ0n) is 11.8. The van der Waals surface area contributed by atoms with Crippen LogP contribution in [0, 0.1) is 0 Å². The van der Waals surface area contributed by atoms with Crippen LogP contribution < -0.4 is 5.32 Å². The Morgan fingerprint density at radius 2 is 2.32 bits per heavy atom. The van der Waals surface area contributed by atoms with E-state index >= 15 is 0 Å². The van der Waals surface area contributed by atoms with E-state index in [1.54, 1.807) is 35.7 Å². The van der Waals surface area contributed by atoms with E-state index in [0.717, 1.165) is 3.79 Å². The predicted molar refractivity (Wildman–Crippen MR) is 95.4 cm³/mol. The van der Waals surface area contributed by atoms with Gasteiger partial charge in [0.2, 0.25) is 5.91 Å². The Balaban J connectivity index is 1.96. The zero-order chi connectivity index (χ0) is 15.9. The summed E-state index contributed by atoms with van der Waals surface area (Å²) in [6.07, 6.45) is 3.36. The molecule has 116 valence electrons. The van der Waals surface area contributed by atoms with Crippen molar-refractivity contribution in [1.82, 2.24) is 9.88 Å². The second kappa shape index (κ2) is 8.43. The molecule has 0 spiro atoms. The van der Waals surface area contributed by atoms with Crippen molar-refractivity contribution in [3.63, 3.8) is 0 Å². The molecule has 2 rings (SSSR count). The fourth-order valence-electron chi connectivity index (χ4n) is 1.90. The van der Waals surface area contributed by atoms with Gasteiger partial charge in [-0.05, 0) is 40.2 Å². The molecule has 2 aromatic rings. The summed E-state index contributed by atoms with van der Waals surface area (Å²) in [5.74, 6) is -0.132. The maximum atomic E-state index is 12.2. The topological polar surface area (TPSA) is 45.2 Å². The van der Waals surface area contributed by atoms with Gasteiger partial charge in [-0.2, -0.15) is 0 Å². The number of aromatic nitrogens is 1. The SMILES string of the molecule is C=CCN(CC(=O)Nc1cccnc1Cl)Cc1ccc(Br)s1. The summed E-state index contributed by atoms with van der Waals surface area (Å²) in [7, 11) is 0. The molecule has 0 aromatic carbocycles. The molecule has 22 heavy (non-hydrogen) atoms. The van der Waals surface area contributed by atoms with Gasteiger partial charge in [-0.1, -0.05) is 17.7 Å². The van der Waals surface area contributed by atoms with Crippen molar-refractivity contribution in [2.45, 2.75) is 6.54 Å². The van der Waals surface area contributed by atoms with Crippen molar-refractivity contribution >= 4 is 50.5 Å². The van der Waals surface area contributed by atoms with E-state index in [9.17, 15) is 4.79 Å². The smallest absolute Gasteiger partial charge is 0.238 e. The van der Waals surface area contributed by atoms with Crippen LogP contribution in [0.25, 0.3) is 0 Å². The highest BCUT2D eigenvalue weighted by Gasteiger charge is 2.13. The van der Waals surface area contributed by atoms with Gasteiger partial charge in [0.1, 0.15) is 0 Å². The molecule has 1 N–H and O–H groups in total. The second-order valence-corrected chi connectivity index (χ2v) is 7.46. The summed E-state index contributed by atoms with van der Waals surface area (Å²) in [6, 6.07) is 7.50. The van der Waals surface area contributed by atoms with Crippen LogP contribution in [0.2, 0.25) is 5.15 Å². The van der Waals surface area contributed by atoms with E-state index in [2.05, 4.69) is 32.8 Å². The molecule has 2 aromatic heterocycles. The van der Waals surface area contributed by atoms with Crippen molar-refractivity contribution in [2.75, 3.05) is 18.4 Å². The average Bonchev–Trinajstić information content (AvgIpc) is 2.87. The molecule has 4 nitrogen and oxygen atoms in total. The Labute approximate surface area is 146 Å². The summed E-state index contributed by atoms with van der Waals surface area (Å²) in [5.41, 5.74) is 0.520. The molecule has 7 heteroatoms. The Hall–Kier alpha value is -1.21. The molecule has 1 amide bonds. The highest BCUT2D eigenvalue weighted by Crippen LogP contribution is 2.23. The minimum Gasteiger partial charge on any atom is -0.322 e. The lowest BCUT2D eigenvalue weighted by atomic mass is 10.3. The number of carbonyl (C=O) groups excluding carboxylic acids is 1. The molecule has 0 saturated heterocycles. The highest BCUT2D eigenvalue weighted by atomic mass is 79.9. The number of nitrogens with one attached hydrogen (secondary N) is 1. The number of halogens is 2. The number of rotatable bonds is 7. The number of nitrogens with zero attached hydrogens (tertiary/aromatic N) is 2. The van der Waals surface area contributed by atoms with Gasteiger partial charge in [0.15, 0.2) is 5.15 Å². The van der Waals surface area contributed by atoms with Crippen LogP contribution in [0.5, 0.6) is 0 Å². The van der Waals surface area contributed by atoms with Gasteiger partial charge in [0.25, 0.3) is 0 Å². The second-order valence-electron chi connectivity index (χ2n) is 4.55. The maximum Gasteiger partial charge on any atom is 0.238 e. The highest BCUT2D eigenvalue weighted by molar-refractivity contribution is 9.11. The van der Waals surface area contributed by atoms with Gasteiger partial charge < -0.3 is 5.32 Å². The number of anilines is 1. The maximum absolute atomic E-state index is 12.2. The van der Waals surface area contributed by atoms with Crippen LogP contribution >= 0.6 is 38.9 Å². The van der Waals surface area contributed by atoms with Crippen molar-refractivity contribution in [3.05, 3.63) is 56.9 Å². The Bertz CT molecular complexity index is 662. The first-order chi connectivity index (χ1) is 10.6. The molecule has 0 fully saturated rings. The minimum absolute atomic E-state index is 0.132. The standard InChI is InChI=1S/C15H15BrClN3OS/c1-2-8-20(9-11-5-6-13(16)22-11)10-14(21)19-12-4-3-7-18-15(12)17/h2-7H,1,8-10H2,(H,19,21). The summed E-state index contributed by atoms with van der Waals surface area (Å²) < 4.78 is 1.08. The van der Waals surface area contributed by atoms with Gasteiger partial charge >= 0.3 is 0 Å². The Kier molecular flexibility index (Phi) is 6.57. The van der Waals surface area contributed by atoms with Gasteiger partial charge in [-0.3, -0.25) is 9.69 Å². The lowest BCUT2D eigenvalue weighted by Crippen LogP contribution is -2.32. The third-order valence-electron chi connectivity index (χ3n) is 2.80. The van der Waals surface area contributed by atoms with E-state index in [0.29, 0.717) is 18.8 Å². The fraction of sp³-hybridized carbons (Fsp3) is 0.200. The molecule has 0 aliphatic heterocycles. The molecule has 0 radical (unpaired) electrons. The first kappa shape index (κ1) is 17.1. The molecule has 2 heterocycles. The summed E-state index contributed by atoms with van der Waals surface area (Å²) in [4.78, 5) is 19.3. The van der Waals surface area contributed by atoms with Crippen molar-refractivity contribution in [2.24, 2.45) is 0 Å². The number of thiophene rings is 1. The van der Waals surface area contributed by atoms with Crippen molar-refractivity contribution in [3.8, 4) is 0 Å². The average molecular weight is 401 g/mol. The van der Waals surface area contributed by atoms with Gasteiger partial charge in [-0.15, -0.1) is 17.9 Å². The van der Waals surface area contributed by atoms with Gasteiger partial charge in [0, 0.05) is 24.2 Å². The molecule has 0 saturated carbocycles. The quantitative estimate of drug-likeness (QED) is 0.560. The van der Waals surface area contributed by atoms with E-state index in [-0.39, 0.29) is 17.6 Å². The third kappa shape index (κ3) is 5.21. The predicted octanol–water partition coefficient (Wildman–Crippen LogP) is 4.19. The summed E-state index contributed by atoms with van der Waals surface area (Å²) >= 11 is 11.0. The van der Waals surface area contributed by atoms with Crippen LogP contribution in [0.1, 0.15) is 4.88 Å². The van der Waals surface area contributed by atoms with Crippen molar-refractivity contribution in [1.29, 1.82) is 0 Å². The molecule has 0 atom stereocenters. The van der Waals surface area contributed by atoms with Crippen LogP contribution in [-0.2, 0) is 11.3 Å². The lowest BCUT2D eigenvalue weighted by molar-refractivity contribution is -0.117. The summed E-state index contributed by atoms with van der Waals surface area (Å²) in [6.45, 7) is 5.32. The van der Waals surface area contributed by atoms with Gasteiger partial charge in [0.05, 0.1) is 16.0 Å². The molecular weight excluding hydrogens is 386 g/mol. The number of carbonyl (C=O) groups is 1. The zero-order valence-corrected chi connectivity index (χ0v) is 14.9. The van der Waals surface area contributed by atoms with E-state index in [4.69, 9.17) is 11.6 Å². The van der Waals surface area contributed by atoms with E-state index in [1.807, 2.05) is 17.0 Å². The Morgan fingerprint density at radius 3 is 2.95 bits per heavy atom. The molecule has 0 aliphatic carbocycles. The largest absolute Gasteiger partial charge is 0.322 e. The van der Waals surface area contributed by atoms with Crippen LogP contribution in [0.15, 0.2) is 46.9 Å². The first-order valence-electron chi connectivity index (χ1n) is 6.56. The first-order valence-corrected chi connectivity index (χ1v) is 8.55. The molecule has 0 unspecified atom stereocenters. The number of amides is 1. The summed E-state index contributed by atoms with van der Waals surface area (Å²) in [5, 5.41) is 3.06. The molecular formula is C15H15BrClN3OS. The van der Waals surface area contributed by atoms with Crippen LogP contribution in [0.4, 0.5) is 5.69 Å². The molecule has 0 aliphatic rings. The van der Waals surface area contributed by atoms with Crippen LogP contribution in [-0.4, -0.2) is 28.9 Å². The van der Waals surface area contributed by atoms with Crippen LogP contribution in [0.3, 0.4) is 0 Å². The van der Waals surface area contributed by atoms with Crippen molar-refractivity contribution < 1.29 is 4.79 Å². The van der Waals surface area contributed by atoms with E-state index < -0.39 is 0 Å². The monoisotopic (exact) mass is 399 g/mol. The van der Waals surface area contributed by atoms with Gasteiger partial charge in [-0.25, -0.2) is 4.98 Å². The normalized spacial score (nSPS) is 10.7. The number of hydrogen-bond acceptors (Lipinski definition) is 4. The van der Waals surface area contributed by atoms with E-state index in [1.165, 1.54) is 4.88 Å². The minimum atomic E-state index is -0.132. The number of hydrogen-bond donors (Lipinski definition) is 1. The number of pyridine rings is 1. The third-order valence-corrected chi connectivity index (χ3v) is 4.71. The lowest BCUT2D eigenvalue weighted by Gasteiger charge is -2.19. The Morgan fingerprint density at radius 1 is 1.50 bits per heavy atom.